The summed E-state index contributed by atoms with van der Waals surface area (Å²) >= 11 is 0. The van der Waals surface area contributed by atoms with Gasteiger partial charge in [0.05, 0.1) is 6.54 Å². The third kappa shape index (κ3) is 2.98. The number of nitrogens with two attached hydrogens (primary N) is 1. The quantitative estimate of drug-likeness (QED) is 0.633. The third-order valence-electron chi connectivity index (χ3n) is 2.50. The van der Waals surface area contributed by atoms with E-state index < -0.39 is 11.6 Å². The van der Waals surface area contributed by atoms with Gasteiger partial charge in [-0.05, 0) is 40.2 Å². The van der Waals surface area contributed by atoms with E-state index in [1.165, 1.54) is 0 Å². The zero-order chi connectivity index (χ0) is 14.1. The SMILES string of the molecule is Cc1[nH]c(C(=O)OC(C)(C)C)c(C)c1C(=O)CN. The molecule has 0 fully saturated rings. The van der Waals surface area contributed by atoms with Crippen LogP contribution < -0.4 is 5.73 Å². The summed E-state index contributed by atoms with van der Waals surface area (Å²) < 4.78 is 5.27. The molecule has 0 unspecified atom stereocenters. The molecule has 1 aromatic heterocycles. The maximum Gasteiger partial charge on any atom is 0.355 e. The van der Waals surface area contributed by atoms with Crippen LogP contribution in [0.3, 0.4) is 0 Å². The van der Waals surface area contributed by atoms with Gasteiger partial charge in [0, 0.05) is 11.3 Å². The summed E-state index contributed by atoms with van der Waals surface area (Å²) in [6, 6.07) is 0. The van der Waals surface area contributed by atoms with Gasteiger partial charge in [0.25, 0.3) is 0 Å². The predicted octanol–water partition coefficient (Wildman–Crippen LogP) is 1.73. The first-order valence-electron chi connectivity index (χ1n) is 5.83. The molecule has 0 spiro atoms. The van der Waals surface area contributed by atoms with Crippen molar-refractivity contribution in [3.8, 4) is 0 Å². The van der Waals surface area contributed by atoms with Crippen molar-refractivity contribution in [3.63, 3.8) is 0 Å². The summed E-state index contributed by atoms with van der Waals surface area (Å²) in [5.41, 5.74) is 6.82. The minimum Gasteiger partial charge on any atom is -0.455 e. The van der Waals surface area contributed by atoms with E-state index in [1.807, 2.05) is 0 Å². The van der Waals surface area contributed by atoms with Crippen molar-refractivity contribution in [2.24, 2.45) is 5.73 Å². The molecule has 0 radical (unpaired) electrons. The second-order valence-corrected chi connectivity index (χ2v) is 5.25. The molecule has 1 rings (SSSR count). The number of carbonyl (C=O) groups excluding carboxylic acids is 2. The van der Waals surface area contributed by atoms with Gasteiger partial charge in [-0.25, -0.2) is 4.79 Å². The van der Waals surface area contributed by atoms with Gasteiger partial charge >= 0.3 is 5.97 Å². The van der Waals surface area contributed by atoms with Crippen molar-refractivity contribution < 1.29 is 14.3 Å². The third-order valence-corrected chi connectivity index (χ3v) is 2.50. The standard InChI is InChI=1S/C13H20N2O3/c1-7-10(9(16)6-14)8(2)15-11(7)12(17)18-13(3,4)5/h15H,6,14H2,1-5H3. The summed E-state index contributed by atoms with van der Waals surface area (Å²) in [4.78, 5) is 26.5. The van der Waals surface area contributed by atoms with Crippen LogP contribution in [0.4, 0.5) is 0 Å². The summed E-state index contributed by atoms with van der Waals surface area (Å²) in [6.45, 7) is 8.76. The lowest BCUT2D eigenvalue weighted by atomic mass is 10.1. The van der Waals surface area contributed by atoms with E-state index in [4.69, 9.17) is 10.5 Å². The lowest BCUT2D eigenvalue weighted by Gasteiger charge is -2.19. The van der Waals surface area contributed by atoms with Gasteiger partial charge in [0.1, 0.15) is 11.3 Å². The molecule has 3 N–H and O–H groups in total. The number of aromatic amines is 1. The van der Waals surface area contributed by atoms with Gasteiger partial charge in [0.2, 0.25) is 0 Å². The normalized spacial score (nSPS) is 11.4. The topological polar surface area (TPSA) is 85.2 Å². The van der Waals surface area contributed by atoms with E-state index in [-0.39, 0.29) is 12.3 Å². The Balaban J connectivity index is 3.13. The molecular formula is C13H20N2O3. The van der Waals surface area contributed by atoms with E-state index in [1.54, 1.807) is 34.6 Å². The highest BCUT2D eigenvalue weighted by molar-refractivity contribution is 6.03. The van der Waals surface area contributed by atoms with E-state index in [0.717, 1.165) is 0 Å². The smallest absolute Gasteiger partial charge is 0.355 e. The number of carbonyl (C=O) groups is 2. The van der Waals surface area contributed by atoms with Crippen LogP contribution in [0.1, 0.15) is 52.9 Å². The van der Waals surface area contributed by atoms with Gasteiger partial charge in [-0.2, -0.15) is 0 Å². The Bertz CT molecular complexity index is 481. The van der Waals surface area contributed by atoms with Crippen molar-refractivity contribution in [1.29, 1.82) is 0 Å². The number of aryl methyl sites for hydroxylation is 1. The van der Waals surface area contributed by atoms with Crippen LogP contribution in [-0.4, -0.2) is 28.9 Å². The fourth-order valence-corrected chi connectivity index (χ4v) is 1.80. The fraction of sp³-hybridized carbons (Fsp3) is 0.538. The Hall–Kier alpha value is -1.62. The number of rotatable bonds is 3. The van der Waals surface area contributed by atoms with Gasteiger partial charge in [-0.3, -0.25) is 4.79 Å². The number of esters is 1. The lowest BCUT2D eigenvalue weighted by Crippen LogP contribution is -2.24. The van der Waals surface area contributed by atoms with Gasteiger partial charge in [-0.15, -0.1) is 0 Å². The van der Waals surface area contributed by atoms with Gasteiger partial charge < -0.3 is 15.5 Å². The average molecular weight is 252 g/mol. The second kappa shape index (κ2) is 4.94. The van der Waals surface area contributed by atoms with E-state index in [2.05, 4.69) is 4.98 Å². The molecule has 0 aromatic carbocycles. The molecule has 5 nitrogen and oxygen atoms in total. The maximum atomic E-state index is 12.0. The van der Waals surface area contributed by atoms with Crippen molar-refractivity contribution in [2.75, 3.05) is 6.54 Å². The highest BCUT2D eigenvalue weighted by Crippen LogP contribution is 2.21. The second-order valence-electron chi connectivity index (χ2n) is 5.25. The monoisotopic (exact) mass is 252 g/mol. The first-order chi connectivity index (χ1) is 8.17. The zero-order valence-electron chi connectivity index (χ0n) is 11.5. The van der Waals surface area contributed by atoms with Crippen LogP contribution in [0.2, 0.25) is 0 Å². The summed E-state index contributed by atoms with van der Waals surface area (Å²) in [5.74, 6) is -0.643. The minimum absolute atomic E-state index is 0.0761. The number of Topliss-reactive ketones (excluding diaryl/α,β-unsaturated/α-hetero) is 1. The molecule has 0 aliphatic rings. The van der Waals surface area contributed by atoms with Crippen LogP contribution in [0.25, 0.3) is 0 Å². The largest absolute Gasteiger partial charge is 0.455 e. The van der Waals surface area contributed by atoms with Crippen LogP contribution in [0.15, 0.2) is 0 Å². The van der Waals surface area contributed by atoms with Crippen molar-refractivity contribution in [2.45, 2.75) is 40.2 Å². The fourth-order valence-electron chi connectivity index (χ4n) is 1.80. The molecule has 0 bridgehead atoms. The minimum atomic E-state index is -0.569. The Labute approximate surface area is 107 Å². The molecule has 5 heteroatoms. The number of hydrogen-bond donors (Lipinski definition) is 2. The predicted molar refractivity (Wildman–Crippen MR) is 68.8 cm³/mol. The van der Waals surface area contributed by atoms with Crippen molar-refractivity contribution in [3.05, 3.63) is 22.5 Å². The number of nitrogens with one attached hydrogen (secondary N) is 1. The van der Waals surface area contributed by atoms with Crippen LogP contribution in [0, 0.1) is 13.8 Å². The van der Waals surface area contributed by atoms with E-state index in [0.29, 0.717) is 22.5 Å². The maximum absolute atomic E-state index is 12.0. The molecular weight excluding hydrogens is 232 g/mol. The Morgan fingerprint density at radius 3 is 2.28 bits per heavy atom. The van der Waals surface area contributed by atoms with Crippen molar-refractivity contribution >= 4 is 11.8 Å². The Morgan fingerprint density at radius 2 is 1.83 bits per heavy atom. The Morgan fingerprint density at radius 1 is 1.28 bits per heavy atom. The molecule has 0 atom stereocenters. The molecule has 100 valence electrons. The molecule has 18 heavy (non-hydrogen) atoms. The average Bonchev–Trinajstić information content (AvgIpc) is 2.51. The zero-order valence-corrected chi connectivity index (χ0v) is 11.5. The number of ketones is 1. The van der Waals surface area contributed by atoms with Crippen LogP contribution >= 0.6 is 0 Å². The van der Waals surface area contributed by atoms with Gasteiger partial charge in [-0.1, -0.05) is 0 Å². The van der Waals surface area contributed by atoms with Crippen molar-refractivity contribution in [1.82, 2.24) is 4.98 Å². The molecule has 0 saturated carbocycles. The first kappa shape index (κ1) is 14.4. The molecule has 0 saturated heterocycles. The van der Waals surface area contributed by atoms with E-state index >= 15 is 0 Å². The van der Waals surface area contributed by atoms with E-state index in [9.17, 15) is 9.59 Å². The molecule has 0 aliphatic carbocycles. The summed E-state index contributed by atoms with van der Waals surface area (Å²) in [5, 5.41) is 0. The highest BCUT2D eigenvalue weighted by Gasteiger charge is 2.25. The number of aromatic nitrogens is 1. The van der Waals surface area contributed by atoms with Crippen LogP contribution in [-0.2, 0) is 4.74 Å². The van der Waals surface area contributed by atoms with Gasteiger partial charge in [0.15, 0.2) is 5.78 Å². The summed E-state index contributed by atoms with van der Waals surface area (Å²) in [7, 11) is 0. The first-order valence-corrected chi connectivity index (χ1v) is 5.83. The molecule has 1 aromatic rings. The molecule has 0 amide bonds. The highest BCUT2D eigenvalue weighted by atomic mass is 16.6. The molecule has 1 heterocycles. The summed E-state index contributed by atoms with van der Waals surface area (Å²) in [6.07, 6.45) is 0. The Kier molecular flexibility index (Phi) is 3.96. The number of ether oxygens (including phenoxy) is 1. The lowest BCUT2D eigenvalue weighted by molar-refractivity contribution is 0.00626. The number of H-pyrrole nitrogens is 1. The van der Waals surface area contributed by atoms with Crippen LogP contribution in [0.5, 0.6) is 0 Å². The number of hydrogen-bond acceptors (Lipinski definition) is 4. The molecule has 0 aliphatic heterocycles.